The lowest BCUT2D eigenvalue weighted by atomic mass is 10.1. The first-order chi connectivity index (χ1) is 15.4. The van der Waals surface area contributed by atoms with E-state index in [1.54, 1.807) is 19.0 Å². The number of nitrogens with one attached hydrogen (secondary N) is 2. The quantitative estimate of drug-likeness (QED) is 0.488. The standard InChI is InChI=1S/C25H34N4O3/c1-6-26-25(27-15-18-8-10-19(11-9-18)24(30)29(4)5)28-16-21-14-23-20(12-17(3)32-23)13-22(21)31-7-2/h8-11,13-14,17H,6-7,12,15-16H2,1-5H3,(H2,26,27,28). The molecule has 0 radical (unpaired) electrons. The molecule has 1 amide bonds. The topological polar surface area (TPSA) is 75.2 Å². The van der Waals surface area contributed by atoms with E-state index in [9.17, 15) is 4.79 Å². The number of guanidine groups is 1. The van der Waals surface area contributed by atoms with E-state index in [0.29, 0.717) is 25.3 Å². The summed E-state index contributed by atoms with van der Waals surface area (Å²) in [5, 5.41) is 6.68. The predicted octanol–water partition coefficient (Wildman–Crippen LogP) is 3.37. The van der Waals surface area contributed by atoms with Crippen molar-refractivity contribution in [1.82, 2.24) is 15.5 Å². The van der Waals surface area contributed by atoms with Crippen LogP contribution in [0.4, 0.5) is 0 Å². The number of benzene rings is 2. The van der Waals surface area contributed by atoms with Gasteiger partial charge < -0.3 is 25.0 Å². The smallest absolute Gasteiger partial charge is 0.253 e. The normalized spacial score (nSPS) is 15.0. The first kappa shape index (κ1) is 23.4. The molecule has 2 aromatic rings. The van der Waals surface area contributed by atoms with Gasteiger partial charge in [0, 0.05) is 50.3 Å². The van der Waals surface area contributed by atoms with Crippen LogP contribution >= 0.6 is 0 Å². The van der Waals surface area contributed by atoms with Crippen molar-refractivity contribution < 1.29 is 14.3 Å². The minimum atomic E-state index is -0.00659. The average Bonchev–Trinajstić information content (AvgIpc) is 3.14. The summed E-state index contributed by atoms with van der Waals surface area (Å²) in [5.41, 5.74) is 3.94. The maximum Gasteiger partial charge on any atom is 0.253 e. The highest BCUT2D eigenvalue weighted by atomic mass is 16.5. The summed E-state index contributed by atoms with van der Waals surface area (Å²) in [4.78, 5) is 18.3. The van der Waals surface area contributed by atoms with Gasteiger partial charge in [-0.2, -0.15) is 0 Å². The lowest BCUT2D eigenvalue weighted by Gasteiger charge is -2.15. The largest absolute Gasteiger partial charge is 0.494 e. The van der Waals surface area contributed by atoms with Crippen molar-refractivity contribution in [3.05, 3.63) is 58.7 Å². The molecule has 32 heavy (non-hydrogen) atoms. The fraction of sp³-hybridized carbons (Fsp3) is 0.440. The monoisotopic (exact) mass is 438 g/mol. The van der Waals surface area contributed by atoms with Crippen LogP contribution in [0, 0.1) is 0 Å². The molecule has 2 N–H and O–H groups in total. The molecule has 1 aliphatic heterocycles. The van der Waals surface area contributed by atoms with Gasteiger partial charge in [0.2, 0.25) is 0 Å². The van der Waals surface area contributed by atoms with Gasteiger partial charge >= 0.3 is 0 Å². The zero-order valence-corrected chi connectivity index (χ0v) is 19.7. The number of ether oxygens (including phenoxy) is 2. The van der Waals surface area contributed by atoms with Crippen molar-refractivity contribution in [3.63, 3.8) is 0 Å². The third kappa shape index (κ3) is 5.93. The van der Waals surface area contributed by atoms with Crippen LogP contribution in [0.1, 0.15) is 47.8 Å². The van der Waals surface area contributed by atoms with Crippen LogP contribution in [0.25, 0.3) is 0 Å². The zero-order chi connectivity index (χ0) is 23.1. The molecule has 7 nitrogen and oxygen atoms in total. The van der Waals surface area contributed by atoms with Crippen LogP contribution in [0.5, 0.6) is 11.5 Å². The molecule has 2 aromatic carbocycles. The van der Waals surface area contributed by atoms with E-state index in [-0.39, 0.29) is 12.0 Å². The second kappa shape index (κ2) is 10.9. The first-order valence-corrected chi connectivity index (χ1v) is 11.2. The molecular formula is C25H34N4O3. The van der Waals surface area contributed by atoms with Crippen molar-refractivity contribution >= 4 is 11.9 Å². The van der Waals surface area contributed by atoms with Gasteiger partial charge in [-0.25, -0.2) is 4.99 Å². The second-order valence-corrected chi connectivity index (χ2v) is 8.08. The number of carbonyl (C=O) groups is 1. The Morgan fingerprint density at radius 2 is 1.94 bits per heavy atom. The Morgan fingerprint density at radius 1 is 1.19 bits per heavy atom. The van der Waals surface area contributed by atoms with Crippen molar-refractivity contribution in [2.24, 2.45) is 4.99 Å². The third-order valence-electron chi connectivity index (χ3n) is 5.20. The highest BCUT2D eigenvalue weighted by Gasteiger charge is 2.22. The van der Waals surface area contributed by atoms with Gasteiger partial charge in [-0.3, -0.25) is 4.79 Å². The number of aliphatic imine (C=N–C) groups is 1. The summed E-state index contributed by atoms with van der Waals surface area (Å²) in [6.07, 6.45) is 1.10. The molecule has 0 saturated heterocycles. The maximum atomic E-state index is 12.0. The summed E-state index contributed by atoms with van der Waals surface area (Å²) >= 11 is 0. The molecule has 0 aromatic heterocycles. The fourth-order valence-electron chi connectivity index (χ4n) is 3.61. The average molecular weight is 439 g/mol. The number of amides is 1. The minimum absolute atomic E-state index is 0.00659. The van der Waals surface area contributed by atoms with Crippen LogP contribution < -0.4 is 20.1 Å². The van der Waals surface area contributed by atoms with Gasteiger partial charge in [0.25, 0.3) is 5.91 Å². The van der Waals surface area contributed by atoms with E-state index in [4.69, 9.17) is 14.5 Å². The number of hydrogen-bond acceptors (Lipinski definition) is 4. The fourth-order valence-corrected chi connectivity index (χ4v) is 3.61. The number of carbonyl (C=O) groups excluding carboxylic acids is 1. The van der Waals surface area contributed by atoms with E-state index in [1.165, 1.54) is 5.56 Å². The van der Waals surface area contributed by atoms with Crippen LogP contribution in [-0.4, -0.2) is 50.1 Å². The molecule has 1 heterocycles. The Balaban J connectivity index is 1.68. The summed E-state index contributed by atoms with van der Waals surface area (Å²) in [6.45, 7) is 8.56. The Bertz CT molecular complexity index is 954. The predicted molar refractivity (Wildman–Crippen MR) is 128 cm³/mol. The molecule has 0 saturated carbocycles. The Labute approximate surface area is 190 Å². The zero-order valence-electron chi connectivity index (χ0n) is 19.7. The highest BCUT2D eigenvalue weighted by molar-refractivity contribution is 5.93. The first-order valence-electron chi connectivity index (χ1n) is 11.2. The van der Waals surface area contributed by atoms with E-state index in [2.05, 4.69) is 29.7 Å². The molecule has 1 unspecified atom stereocenters. The summed E-state index contributed by atoms with van der Waals surface area (Å²) in [5.74, 6) is 2.53. The molecule has 7 heteroatoms. The van der Waals surface area contributed by atoms with Gasteiger partial charge in [-0.1, -0.05) is 12.1 Å². The van der Waals surface area contributed by atoms with Gasteiger partial charge in [-0.05, 0) is 50.6 Å². The van der Waals surface area contributed by atoms with Crippen molar-refractivity contribution in [2.45, 2.75) is 46.4 Å². The SMILES string of the molecule is CCNC(=NCc1ccc(C(=O)N(C)C)cc1)NCc1cc2c(cc1OCC)CC(C)O2. The van der Waals surface area contributed by atoms with Crippen molar-refractivity contribution in [1.29, 1.82) is 0 Å². The molecule has 172 valence electrons. The Morgan fingerprint density at radius 3 is 2.59 bits per heavy atom. The molecule has 0 spiro atoms. The summed E-state index contributed by atoms with van der Waals surface area (Å²) in [7, 11) is 3.50. The molecule has 3 rings (SSSR count). The maximum absolute atomic E-state index is 12.0. The molecule has 0 bridgehead atoms. The van der Waals surface area contributed by atoms with Gasteiger partial charge in [-0.15, -0.1) is 0 Å². The summed E-state index contributed by atoms with van der Waals surface area (Å²) < 4.78 is 11.8. The third-order valence-corrected chi connectivity index (χ3v) is 5.20. The van der Waals surface area contributed by atoms with Crippen LogP contribution in [0.15, 0.2) is 41.4 Å². The van der Waals surface area contributed by atoms with E-state index < -0.39 is 0 Å². The van der Waals surface area contributed by atoms with E-state index in [1.807, 2.05) is 38.1 Å². The highest BCUT2D eigenvalue weighted by Crippen LogP contribution is 2.35. The van der Waals surface area contributed by atoms with Gasteiger partial charge in [0.1, 0.15) is 17.6 Å². The molecule has 0 aliphatic carbocycles. The lowest BCUT2D eigenvalue weighted by Crippen LogP contribution is -2.36. The van der Waals surface area contributed by atoms with E-state index >= 15 is 0 Å². The van der Waals surface area contributed by atoms with Crippen molar-refractivity contribution in [2.75, 3.05) is 27.2 Å². The minimum Gasteiger partial charge on any atom is -0.494 e. The van der Waals surface area contributed by atoms with Crippen LogP contribution in [0.2, 0.25) is 0 Å². The number of nitrogens with zero attached hydrogens (tertiary/aromatic N) is 2. The molecule has 1 atom stereocenters. The Kier molecular flexibility index (Phi) is 7.98. The van der Waals surface area contributed by atoms with Gasteiger partial charge in [0.05, 0.1) is 13.2 Å². The molecular weight excluding hydrogens is 404 g/mol. The second-order valence-electron chi connectivity index (χ2n) is 8.08. The van der Waals surface area contributed by atoms with Gasteiger partial charge in [0.15, 0.2) is 5.96 Å². The summed E-state index contributed by atoms with van der Waals surface area (Å²) in [6, 6.07) is 11.7. The molecule has 1 aliphatic rings. The Hall–Kier alpha value is -3.22. The van der Waals surface area contributed by atoms with Crippen molar-refractivity contribution in [3.8, 4) is 11.5 Å². The molecule has 0 fully saturated rings. The van der Waals surface area contributed by atoms with Crippen LogP contribution in [0.3, 0.4) is 0 Å². The van der Waals surface area contributed by atoms with Crippen LogP contribution in [-0.2, 0) is 19.5 Å². The lowest BCUT2D eigenvalue weighted by molar-refractivity contribution is 0.0827. The number of fused-ring (bicyclic) bond motifs is 1. The number of rotatable bonds is 8. The number of hydrogen-bond donors (Lipinski definition) is 2. The van der Waals surface area contributed by atoms with E-state index in [0.717, 1.165) is 41.6 Å².